The van der Waals surface area contributed by atoms with Crippen LogP contribution in [-0.2, 0) is 0 Å². The van der Waals surface area contributed by atoms with Gasteiger partial charge in [-0.05, 0) is 42.8 Å². The van der Waals surface area contributed by atoms with E-state index in [0.29, 0.717) is 35.0 Å². The maximum absolute atomic E-state index is 11.9. The smallest absolute Gasteiger partial charge is 0.319 e. The van der Waals surface area contributed by atoms with Gasteiger partial charge >= 0.3 is 6.03 Å². The van der Waals surface area contributed by atoms with Crippen molar-refractivity contribution in [1.82, 2.24) is 5.32 Å². The van der Waals surface area contributed by atoms with Crippen molar-refractivity contribution in [3.05, 3.63) is 48.0 Å². The van der Waals surface area contributed by atoms with Gasteiger partial charge in [-0.15, -0.1) is 0 Å². The van der Waals surface area contributed by atoms with Crippen LogP contribution in [0, 0.1) is 0 Å². The minimum atomic E-state index is -0.498. The molecule has 4 N–H and O–H groups in total. The summed E-state index contributed by atoms with van der Waals surface area (Å²) in [7, 11) is 1.52. The molecule has 2 aromatic rings. The lowest BCUT2D eigenvalue weighted by Crippen LogP contribution is -2.29. The van der Waals surface area contributed by atoms with Crippen molar-refractivity contribution < 1.29 is 19.1 Å². The van der Waals surface area contributed by atoms with Crippen LogP contribution >= 0.6 is 0 Å². The Morgan fingerprint density at radius 1 is 1.04 bits per heavy atom. The molecule has 0 aliphatic heterocycles. The molecule has 0 saturated carbocycles. The number of nitrogens with one attached hydrogen (secondary N) is 2. The van der Waals surface area contributed by atoms with E-state index in [9.17, 15) is 9.59 Å². The van der Waals surface area contributed by atoms with Crippen molar-refractivity contribution >= 4 is 17.6 Å². The number of benzene rings is 2. The lowest BCUT2D eigenvalue weighted by atomic mass is 10.2. The van der Waals surface area contributed by atoms with Crippen molar-refractivity contribution in [1.29, 1.82) is 0 Å². The monoisotopic (exact) mass is 371 g/mol. The molecule has 0 aromatic heterocycles. The third kappa shape index (κ3) is 6.22. The van der Waals surface area contributed by atoms with Crippen LogP contribution in [0.25, 0.3) is 0 Å². The Kier molecular flexibility index (Phi) is 7.49. The van der Waals surface area contributed by atoms with Crippen LogP contribution in [-0.4, -0.2) is 25.6 Å². The summed E-state index contributed by atoms with van der Waals surface area (Å²) in [5, 5.41) is 5.58. The van der Waals surface area contributed by atoms with Crippen molar-refractivity contribution in [2.75, 3.05) is 19.0 Å². The highest BCUT2D eigenvalue weighted by Crippen LogP contribution is 2.33. The van der Waals surface area contributed by atoms with Gasteiger partial charge in [-0.25, -0.2) is 4.79 Å². The van der Waals surface area contributed by atoms with Crippen LogP contribution in [0.15, 0.2) is 42.5 Å². The number of amides is 3. The molecule has 0 saturated heterocycles. The Balaban J connectivity index is 2.00. The largest absolute Gasteiger partial charge is 0.493 e. The van der Waals surface area contributed by atoms with Gasteiger partial charge in [0.25, 0.3) is 0 Å². The number of rotatable bonds is 9. The van der Waals surface area contributed by atoms with E-state index >= 15 is 0 Å². The van der Waals surface area contributed by atoms with E-state index in [-0.39, 0.29) is 6.03 Å². The number of methoxy groups -OCH3 is 1. The molecule has 2 rings (SSSR count). The van der Waals surface area contributed by atoms with E-state index in [0.717, 1.165) is 19.3 Å². The van der Waals surface area contributed by atoms with Crippen molar-refractivity contribution in [3.8, 4) is 17.2 Å². The molecule has 2 aromatic carbocycles. The van der Waals surface area contributed by atoms with Crippen LogP contribution in [0.5, 0.6) is 17.2 Å². The second kappa shape index (κ2) is 10.1. The SMILES string of the molecule is CCCCCNC(=O)Nc1ccc(Oc2ccc(C(N)=O)cc2)c(OC)c1. The average Bonchev–Trinajstić information content (AvgIpc) is 2.67. The molecular weight excluding hydrogens is 346 g/mol. The molecule has 0 fully saturated rings. The Morgan fingerprint density at radius 2 is 1.78 bits per heavy atom. The van der Waals surface area contributed by atoms with Gasteiger partial charge in [0.15, 0.2) is 11.5 Å². The molecule has 0 unspecified atom stereocenters. The highest BCUT2D eigenvalue weighted by molar-refractivity contribution is 5.92. The van der Waals surface area contributed by atoms with E-state index in [2.05, 4.69) is 17.6 Å². The normalized spacial score (nSPS) is 10.1. The van der Waals surface area contributed by atoms with Crippen molar-refractivity contribution in [2.45, 2.75) is 26.2 Å². The number of unbranched alkanes of at least 4 members (excludes halogenated alkanes) is 2. The molecule has 0 heterocycles. The molecule has 0 aliphatic rings. The van der Waals surface area contributed by atoms with Gasteiger partial charge in [0, 0.05) is 23.9 Å². The van der Waals surface area contributed by atoms with E-state index in [1.807, 2.05) is 0 Å². The second-order valence-corrected chi connectivity index (χ2v) is 5.94. The lowest BCUT2D eigenvalue weighted by Gasteiger charge is -2.13. The molecule has 144 valence electrons. The number of hydrogen-bond donors (Lipinski definition) is 3. The summed E-state index contributed by atoms with van der Waals surface area (Å²) in [5.41, 5.74) is 6.22. The number of urea groups is 1. The van der Waals surface area contributed by atoms with Gasteiger partial charge in [0.2, 0.25) is 5.91 Å². The topological polar surface area (TPSA) is 103 Å². The first kappa shape index (κ1) is 20.1. The summed E-state index contributed by atoms with van der Waals surface area (Å²) >= 11 is 0. The fourth-order valence-electron chi connectivity index (χ4n) is 2.40. The van der Waals surface area contributed by atoms with E-state index in [1.165, 1.54) is 7.11 Å². The molecule has 27 heavy (non-hydrogen) atoms. The molecule has 0 spiro atoms. The summed E-state index contributed by atoms with van der Waals surface area (Å²) < 4.78 is 11.1. The third-order valence-electron chi connectivity index (χ3n) is 3.85. The number of carbonyl (C=O) groups is 2. The molecular formula is C20H25N3O4. The number of nitrogens with two attached hydrogens (primary N) is 1. The van der Waals surface area contributed by atoms with Crippen molar-refractivity contribution in [2.24, 2.45) is 5.73 Å². The molecule has 7 heteroatoms. The van der Waals surface area contributed by atoms with Gasteiger partial charge in [-0.1, -0.05) is 19.8 Å². The number of carbonyl (C=O) groups excluding carboxylic acids is 2. The predicted molar refractivity (Wildman–Crippen MR) is 105 cm³/mol. The maximum Gasteiger partial charge on any atom is 0.319 e. The summed E-state index contributed by atoms with van der Waals surface area (Å²) in [6.45, 7) is 2.75. The minimum absolute atomic E-state index is 0.260. The highest BCUT2D eigenvalue weighted by atomic mass is 16.5. The Hall–Kier alpha value is -3.22. The summed E-state index contributed by atoms with van der Waals surface area (Å²) in [6, 6.07) is 11.3. The number of primary amides is 1. The quantitative estimate of drug-likeness (QED) is 0.582. The Morgan fingerprint density at radius 3 is 2.41 bits per heavy atom. The van der Waals surface area contributed by atoms with Gasteiger partial charge in [0.05, 0.1) is 7.11 Å². The molecule has 7 nitrogen and oxygen atoms in total. The van der Waals surface area contributed by atoms with E-state index < -0.39 is 5.91 Å². The van der Waals surface area contributed by atoms with Crippen LogP contribution in [0.3, 0.4) is 0 Å². The van der Waals surface area contributed by atoms with E-state index in [1.54, 1.807) is 42.5 Å². The van der Waals surface area contributed by atoms with Gasteiger partial charge in [-0.2, -0.15) is 0 Å². The molecule has 0 radical (unpaired) electrons. The zero-order chi connectivity index (χ0) is 19.6. The molecule has 3 amide bonds. The maximum atomic E-state index is 11.9. The predicted octanol–water partition coefficient (Wildman–Crippen LogP) is 3.90. The Bertz CT molecular complexity index is 775. The third-order valence-corrected chi connectivity index (χ3v) is 3.85. The van der Waals surface area contributed by atoms with Crippen LogP contribution in [0.2, 0.25) is 0 Å². The number of ether oxygens (including phenoxy) is 2. The minimum Gasteiger partial charge on any atom is -0.493 e. The van der Waals surface area contributed by atoms with Gasteiger partial charge in [-0.3, -0.25) is 4.79 Å². The first-order chi connectivity index (χ1) is 13.0. The number of hydrogen-bond acceptors (Lipinski definition) is 4. The zero-order valence-corrected chi connectivity index (χ0v) is 15.6. The van der Waals surface area contributed by atoms with Crippen molar-refractivity contribution in [3.63, 3.8) is 0 Å². The first-order valence-electron chi connectivity index (χ1n) is 8.84. The van der Waals surface area contributed by atoms with Gasteiger partial charge < -0.3 is 25.8 Å². The second-order valence-electron chi connectivity index (χ2n) is 5.94. The highest BCUT2D eigenvalue weighted by Gasteiger charge is 2.09. The fourth-order valence-corrected chi connectivity index (χ4v) is 2.40. The zero-order valence-electron chi connectivity index (χ0n) is 15.6. The molecule has 0 atom stereocenters. The standard InChI is InChI=1S/C20H25N3O4/c1-3-4-5-12-22-20(25)23-15-8-11-17(18(13-15)26-2)27-16-9-6-14(7-10-16)19(21)24/h6-11,13H,3-5,12H2,1-2H3,(H2,21,24)(H2,22,23,25). The van der Waals surface area contributed by atoms with E-state index in [4.69, 9.17) is 15.2 Å². The summed E-state index contributed by atoms with van der Waals surface area (Å²) in [4.78, 5) is 23.0. The van der Waals surface area contributed by atoms with Gasteiger partial charge in [0.1, 0.15) is 5.75 Å². The fraction of sp³-hybridized carbons (Fsp3) is 0.300. The first-order valence-corrected chi connectivity index (χ1v) is 8.84. The van der Waals surface area contributed by atoms with Crippen LogP contribution in [0.1, 0.15) is 36.5 Å². The number of anilines is 1. The van der Waals surface area contributed by atoms with Crippen LogP contribution in [0.4, 0.5) is 10.5 Å². The molecule has 0 aliphatic carbocycles. The molecule has 0 bridgehead atoms. The lowest BCUT2D eigenvalue weighted by molar-refractivity contribution is 0.1000. The Labute approximate surface area is 158 Å². The van der Waals surface area contributed by atoms with Crippen LogP contribution < -0.4 is 25.8 Å². The summed E-state index contributed by atoms with van der Waals surface area (Å²) in [5.74, 6) is 0.992. The summed E-state index contributed by atoms with van der Waals surface area (Å²) in [6.07, 6.45) is 3.14. The average molecular weight is 371 g/mol.